The third kappa shape index (κ3) is 4.09. The molecule has 0 spiro atoms. The van der Waals surface area contributed by atoms with Crippen molar-refractivity contribution in [1.82, 2.24) is 10.9 Å². The van der Waals surface area contributed by atoms with Crippen LogP contribution in [0.1, 0.15) is 57.0 Å². The van der Waals surface area contributed by atoms with Crippen molar-refractivity contribution in [3.63, 3.8) is 0 Å². The van der Waals surface area contributed by atoms with Gasteiger partial charge in [-0.25, -0.2) is 0 Å². The Bertz CT molecular complexity index is 480. The lowest BCUT2D eigenvalue weighted by Crippen LogP contribution is -2.45. The number of carbonyl (C=O) groups excluding carboxylic acids is 2. The molecule has 0 bridgehead atoms. The molecular formula is C16H24N2O3. The van der Waals surface area contributed by atoms with Gasteiger partial charge in [-0.05, 0) is 49.1 Å². The fraction of sp³-hybridized carbons (Fsp3) is 0.625. The SMILES string of the molecule is CC(C)(C)C1CCC(C(=O)NNC(=O)c2ccco2)CC1. The maximum atomic E-state index is 12.1. The fourth-order valence-corrected chi connectivity index (χ4v) is 2.91. The highest BCUT2D eigenvalue weighted by Crippen LogP contribution is 2.39. The second kappa shape index (κ2) is 6.33. The van der Waals surface area contributed by atoms with E-state index in [2.05, 4.69) is 31.6 Å². The van der Waals surface area contributed by atoms with Gasteiger partial charge in [0.2, 0.25) is 5.91 Å². The van der Waals surface area contributed by atoms with E-state index in [1.807, 2.05) is 0 Å². The second-order valence-corrected chi connectivity index (χ2v) is 6.84. The van der Waals surface area contributed by atoms with E-state index in [0.29, 0.717) is 11.3 Å². The van der Waals surface area contributed by atoms with Crippen molar-refractivity contribution in [1.29, 1.82) is 0 Å². The zero-order valence-electron chi connectivity index (χ0n) is 12.9. The molecule has 2 rings (SSSR count). The third-order valence-corrected chi connectivity index (χ3v) is 4.37. The highest BCUT2D eigenvalue weighted by atomic mass is 16.3. The number of hydrazine groups is 1. The maximum absolute atomic E-state index is 12.1. The van der Waals surface area contributed by atoms with Crippen LogP contribution in [0.2, 0.25) is 0 Å². The van der Waals surface area contributed by atoms with E-state index in [-0.39, 0.29) is 17.6 Å². The van der Waals surface area contributed by atoms with E-state index in [4.69, 9.17) is 4.42 Å². The summed E-state index contributed by atoms with van der Waals surface area (Å²) in [6.45, 7) is 6.75. The van der Waals surface area contributed by atoms with Gasteiger partial charge >= 0.3 is 5.91 Å². The molecule has 21 heavy (non-hydrogen) atoms. The molecule has 1 aromatic rings. The lowest BCUT2D eigenvalue weighted by molar-refractivity contribution is -0.127. The molecule has 0 unspecified atom stereocenters. The van der Waals surface area contributed by atoms with Crippen molar-refractivity contribution >= 4 is 11.8 Å². The van der Waals surface area contributed by atoms with Gasteiger partial charge in [0.1, 0.15) is 0 Å². The van der Waals surface area contributed by atoms with Crippen LogP contribution in [-0.2, 0) is 4.79 Å². The molecule has 1 aliphatic rings. The minimum Gasteiger partial charge on any atom is -0.459 e. The molecule has 1 aliphatic carbocycles. The Morgan fingerprint density at radius 3 is 2.33 bits per heavy atom. The van der Waals surface area contributed by atoms with Crippen LogP contribution in [0.5, 0.6) is 0 Å². The van der Waals surface area contributed by atoms with Crippen LogP contribution in [0.25, 0.3) is 0 Å². The molecule has 1 fully saturated rings. The predicted octanol–water partition coefficient (Wildman–Crippen LogP) is 2.89. The van der Waals surface area contributed by atoms with Gasteiger partial charge in [-0.15, -0.1) is 0 Å². The smallest absolute Gasteiger partial charge is 0.305 e. The molecule has 0 saturated heterocycles. The molecule has 0 atom stereocenters. The summed E-state index contributed by atoms with van der Waals surface area (Å²) in [5, 5.41) is 0. The quantitative estimate of drug-likeness (QED) is 0.823. The number of hydrogen-bond acceptors (Lipinski definition) is 3. The summed E-state index contributed by atoms with van der Waals surface area (Å²) in [5.41, 5.74) is 5.19. The van der Waals surface area contributed by atoms with E-state index in [1.165, 1.54) is 6.26 Å². The molecule has 2 N–H and O–H groups in total. The Morgan fingerprint density at radius 1 is 1.14 bits per heavy atom. The molecule has 0 radical (unpaired) electrons. The summed E-state index contributed by atoms with van der Waals surface area (Å²) in [5.74, 6) is 0.297. The van der Waals surface area contributed by atoms with Crippen molar-refractivity contribution in [2.75, 3.05) is 0 Å². The summed E-state index contributed by atoms with van der Waals surface area (Å²) in [6, 6.07) is 3.18. The van der Waals surface area contributed by atoms with Crippen LogP contribution in [-0.4, -0.2) is 11.8 Å². The molecule has 116 valence electrons. The van der Waals surface area contributed by atoms with E-state index in [1.54, 1.807) is 12.1 Å². The minimum absolute atomic E-state index is 0.0134. The first-order chi connectivity index (χ1) is 9.88. The molecule has 5 nitrogen and oxygen atoms in total. The minimum atomic E-state index is -0.434. The van der Waals surface area contributed by atoms with Crippen LogP contribution in [0.15, 0.2) is 22.8 Å². The summed E-state index contributed by atoms with van der Waals surface area (Å²) >= 11 is 0. The summed E-state index contributed by atoms with van der Waals surface area (Å²) in [6.07, 6.45) is 5.31. The topological polar surface area (TPSA) is 71.3 Å². The highest BCUT2D eigenvalue weighted by Gasteiger charge is 2.32. The van der Waals surface area contributed by atoms with E-state index >= 15 is 0 Å². The Morgan fingerprint density at radius 2 is 1.81 bits per heavy atom. The third-order valence-electron chi connectivity index (χ3n) is 4.37. The lowest BCUT2D eigenvalue weighted by Gasteiger charge is -2.36. The van der Waals surface area contributed by atoms with Crippen molar-refractivity contribution in [2.24, 2.45) is 17.3 Å². The molecule has 0 aliphatic heterocycles. The molecule has 0 aromatic carbocycles. The van der Waals surface area contributed by atoms with Gasteiger partial charge in [0.15, 0.2) is 5.76 Å². The van der Waals surface area contributed by atoms with Gasteiger partial charge in [0.05, 0.1) is 6.26 Å². The molecule has 2 amide bonds. The van der Waals surface area contributed by atoms with Gasteiger partial charge in [0, 0.05) is 5.92 Å². The average Bonchev–Trinajstić information content (AvgIpc) is 2.98. The van der Waals surface area contributed by atoms with Gasteiger partial charge < -0.3 is 4.42 Å². The predicted molar refractivity (Wildman–Crippen MR) is 79.2 cm³/mol. The zero-order chi connectivity index (χ0) is 15.5. The van der Waals surface area contributed by atoms with Gasteiger partial charge in [-0.3, -0.25) is 20.4 Å². The van der Waals surface area contributed by atoms with Gasteiger partial charge in [-0.2, -0.15) is 0 Å². The Kier molecular flexibility index (Phi) is 4.70. The number of hydrogen-bond donors (Lipinski definition) is 2. The Balaban J connectivity index is 1.76. The monoisotopic (exact) mass is 292 g/mol. The van der Waals surface area contributed by atoms with Crippen molar-refractivity contribution in [2.45, 2.75) is 46.5 Å². The first kappa shape index (κ1) is 15.6. The molecule has 1 heterocycles. The number of rotatable bonds is 2. The number of amides is 2. The van der Waals surface area contributed by atoms with E-state index in [0.717, 1.165) is 25.7 Å². The van der Waals surface area contributed by atoms with Gasteiger partial charge in [-0.1, -0.05) is 20.8 Å². The van der Waals surface area contributed by atoms with Gasteiger partial charge in [0.25, 0.3) is 0 Å². The van der Waals surface area contributed by atoms with E-state index < -0.39 is 5.91 Å². The first-order valence-corrected chi connectivity index (χ1v) is 7.51. The standard InChI is InChI=1S/C16H24N2O3/c1-16(2,3)12-8-6-11(7-9-12)14(19)17-18-15(20)13-5-4-10-21-13/h4-5,10-12H,6-9H2,1-3H3,(H,17,19)(H,18,20). The maximum Gasteiger partial charge on any atom is 0.305 e. The largest absolute Gasteiger partial charge is 0.459 e. The Hall–Kier alpha value is -1.78. The zero-order valence-corrected chi connectivity index (χ0v) is 12.9. The van der Waals surface area contributed by atoms with Crippen molar-refractivity contribution in [3.05, 3.63) is 24.2 Å². The average molecular weight is 292 g/mol. The lowest BCUT2D eigenvalue weighted by atomic mass is 9.70. The van der Waals surface area contributed by atoms with Crippen molar-refractivity contribution in [3.8, 4) is 0 Å². The number of nitrogens with one attached hydrogen (secondary N) is 2. The Labute approximate surface area is 125 Å². The van der Waals surface area contributed by atoms with Crippen LogP contribution in [0, 0.1) is 17.3 Å². The summed E-state index contributed by atoms with van der Waals surface area (Å²) in [7, 11) is 0. The van der Waals surface area contributed by atoms with Crippen LogP contribution >= 0.6 is 0 Å². The van der Waals surface area contributed by atoms with Crippen LogP contribution in [0.4, 0.5) is 0 Å². The molecule has 1 aromatic heterocycles. The number of carbonyl (C=O) groups is 2. The number of furan rings is 1. The summed E-state index contributed by atoms with van der Waals surface area (Å²) < 4.78 is 4.96. The molecular weight excluding hydrogens is 268 g/mol. The van der Waals surface area contributed by atoms with Crippen molar-refractivity contribution < 1.29 is 14.0 Å². The molecule has 5 heteroatoms. The second-order valence-electron chi connectivity index (χ2n) is 6.84. The van der Waals surface area contributed by atoms with E-state index in [9.17, 15) is 9.59 Å². The van der Waals surface area contributed by atoms with Crippen LogP contribution < -0.4 is 10.9 Å². The first-order valence-electron chi connectivity index (χ1n) is 7.51. The normalized spacial score (nSPS) is 22.6. The highest BCUT2D eigenvalue weighted by molar-refractivity contribution is 5.93. The fourth-order valence-electron chi connectivity index (χ4n) is 2.91. The molecule has 1 saturated carbocycles. The summed E-state index contributed by atoms with van der Waals surface area (Å²) in [4.78, 5) is 23.7. The van der Waals surface area contributed by atoms with Crippen LogP contribution in [0.3, 0.4) is 0 Å².